The molecular formula is C13H11ClFNOS. The second kappa shape index (κ2) is 5.50. The predicted molar refractivity (Wildman–Crippen MR) is 72.4 cm³/mol. The van der Waals surface area contributed by atoms with E-state index in [9.17, 15) is 8.60 Å². The van der Waals surface area contributed by atoms with Gasteiger partial charge in [-0.1, -0.05) is 23.7 Å². The first kappa shape index (κ1) is 13.1. The molecule has 1 atom stereocenters. The molecule has 0 spiro atoms. The molecule has 0 fully saturated rings. The highest BCUT2D eigenvalue weighted by atomic mass is 35.5. The Hall–Kier alpha value is -1.39. The third kappa shape index (κ3) is 3.09. The lowest BCUT2D eigenvalue weighted by Gasteiger charge is -2.06. The summed E-state index contributed by atoms with van der Waals surface area (Å²) in [7, 11) is -1.29. The van der Waals surface area contributed by atoms with Crippen LogP contribution in [-0.2, 0) is 16.6 Å². The zero-order valence-corrected chi connectivity index (χ0v) is 11.0. The van der Waals surface area contributed by atoms with Gasteiger partial charge in [-0.05, 0) is 35.9 Å². The molecule has 0 aliphatic carbocycles. The van der Waals surface area contributed by atoms with E-state index < -0.39 is 10.8 Å². The van der Waals surface area contributed by atoms with E-state index in [1.54, 1.807) is 30.3 Å². The van der Waals surface area contributed by atoms with Crippen LogP contribution in [0.2, 0.25) is 5.02 Å². The van der Waals surface area contributed by atoms with Crippen LogP contribution in [0.5, 0.6) is 0 Å². The van der Waals surface area contributed by atoms with Crippen LogP contribution in [-0.4, -0.2) is 4.21 Å². The van der Waals surface area contributed by atoms with Crippen LogP contribution in [0.4, 0.5) is 10.1 Å². The number of benzene rings is 2. The van der Waals surface area contributed by atoms with Crippen LogP contribution in [0.25, 0.3) is 0 Å². The van der Waals surface area contributed by atoms with Gasteiger partial charge in [-0.3, -0.25) is 4.21 Å². The summed E-state index contributed by atoms with van der Waals surface area (Å²) in [6, 6.07) is 10.8. The molecule has 0 bridgehead atoms. The maximum absolute atomic E-state index is 12.8. The summed E-state index contributed by atoms with van der Waals surface area (Å²) >= 11 is 5.85. The van der Waals surface area contributed by atoms with Gasteiger partial charge in [0.2, 0.25) is 0 Å². The maximum atomic E-state index is 12.8. The Morgan fingerprint density at radius 3 is 2.50 bits per heavy atom. The van der Waals surface area contributed by atoms with Crippen molar-refractivity contribution in [3.63, 3.8) is 0 Å². The van der Waals surface area contributed by atoms with Gasteiger partial charge in [0, 0.05) is 10.7 Å². The van der Waals surface area contributed by atoms with Gasteiger partial charge in [0.25, 0.3) is 0 Å². The van der Waals surface area contributed by atoms with E-state index >= 15 is 0 Å². The molecule has 0 radical (unpaired) electrons. The Balaban J connectivity index is 2.21. The zero-order chi connectivity index (χ0) is 13.1. The van der Waals surface area contributed by atoms with Gasteiger partial charge in [0.15, 0.2) is 0 Å². The van der Waals surface area contributed by atoms with E-state index in [0.717, 1.165) is 5.56 Å². The quantitative estimate of drug-likeness (QED) is 0.878. The van der Waals surface area contributed by atoms with E-state index in [1.165, 1.54) is 12.1 Å². The molecule has 2 N–H and O–H groups in total. The van der Waals surface area contributed by atoms with Crippen molar-refractivity contribution in [3.8, 4) is 0 Å². The summed E-state index contributed by atoms with van der Waals surface area (Å²) < 4.78 is 24.9. The van der Waals surface area contributed by atoms with Crippen LogP contribution >= 0.6 is 11.6 Å². The summed E-state index contributed by atoms with van der Waals surface area (Å²) in [4.78, 5) is 0.506. The van der Waals surface area contributed by atoms with E-state index in [1.807, 2.05) is 0 Å². The molecule has 1 unspecified atom stereocenters. The fourth-order valence-electron chi connectivity index (χ4n) is 1.52. The first-order valence-electron chi connectivity index (χ1n) is 5.24. The highest BCUT2D eigenvalue weighted by Gasteiger charge is 2.09. The van der Waals surface area contributed by atoms with Crippen LogP contribution in [0.1, 0.15) is 5.56 Å². The van der Waals surface area contributed by atoms with Gasteiger partial charge in [-0.15, -0.1) is 0 Å². The van der Waals surface area contributed by atoms with Crippen LogP contribution in [0, 0.1) is 5.82 Å². The normalized spacial score (nSPS) is 12.3. The Labute approximate surface area is 112 Å². The Bertz CT molecular complexity index is 586. The lowest BCUT2D eigenvalue weighted by molar-refractivity contribution is 0.627. The van der Waals surface area contributed by atoms with E-state index in [0.29, 0.717) is 15.6 Å². The summed E-state index contributed by atoms with van der Waals surface area (Å²) in [6.07, 6.45) is 0. The SMILES string of the molecule is Nc1ccc(Cl)cc1S(=O)Cc1ccc(F)cc1. The smallest absolute Gasteiger partial charge is 0.123 e. The monoisotopic (exact) mass is 283 g/mol. The lowest BCUT2D eigenvalue weighted by atomic mass is 10.2. The Morgan fingerprint density at radius 2 is 1.83 bits per heavy atom. The summed E-state index contributed by atoms with van der Waals surface area (Å²) in [6.45, 7) is 0. The average molecular weight is 284 g/mol. The summed E-state index contributed by atoms with van der Waals surface area (Å²) in [5, 5.41) is 0.492. The van der Waals surface area contributed by atoms with Crippen molar-refractivity contribution >= 4 is 28.1 Å². The second-order valence-electron chi connectivity index (χ2n) is 3.80. The highest BCUT2D eigenvalue weighted by molar-refractivity contribution is 7.84. The van der Waals surface area contributed by atoms with Gasteiger partial charge in [-0.25, -0.2) is 4.39 Å². The Kier molecular flexibility index (Phi) is 3.99. The van der Waals surface area contributed by atoms with E-state index in [4.69, 9.17) is 17.3 Å². The third-order valence-corrected chi connectivity index (χ3v) is 4.11. The molecule has 0 heterocycles. The molecule has 2 aromatic carbocycles. The van der Waals surface area contributed by atoms with Gasteiger partial charge in [0.1, 0.15) is 5.82 Å². The van der Waals surface area contributed by atoms with Gasteiger partial charge in [0.05, 0.1) is 21.4 Å². The Morgan fingerprint density at radius 1 is 1.17 bits per heavy atom. The molecule has 2 aromatic rings. The minimum Gasteiger partial charge on any atom is -0.398 e. The second-order valence-corrected chi connectivity index (χ2v) is 5.65. The van der Waals surface area contributed by atoms with Crippen molar-refractivity contribution in [1.29, 1.82) is 0 Å². The lowest BCUT2D eigenvalue weighted by Crippen LogP contribution is -2.01. The van der Waals surface area contributed by atoms with E-state index in [-0.39, 0.29) is 11.6 Å². The van der Waals surface area contributed by atoms with Crippen molar-refractivity contribution in [2.24, 2.45) is 0 Å². The van der Waals surface area contributed by atoms with Crippen LogP contribution in [0.15, 0.2) is 47.4 Å². The maximum Gasteiger partial charge on any atom is 0.123 e. The average Bonchev–Trinajstić information content (AvgIpc) is 2.35. The predicted octanol–water partition coefficient (Wildman–Crippen LogP) is 3.37. The number of rotatable bonds is 3. The topological polar surface area (TPSA) is 43.1 Å². The standard InChI is InChI=1S/C13H11ClFNOS/c14-10-3-6-12(16)13(7-10)18(17)8-9-1-4-11(15)5-2-9/h1-7H,8,16H2. The van der Waals surface area contributed by atoms with E-state index in [2.05, 4.69) is 0 Å². The fourth-order valence-corrected chi connectivity index (χ4v) is 2.99. The molecule has 2 nitrogen and oxygen atoms in total. The van der Waals surface area contributed by atoms with Gasteiger partial charge in [-0.2, -0.15) is 0 Å². The molecule has 0 aliphatic heterocycles. The largest absolute Gasteiger partial charge is 0.398 e. The van der Waals surface area contributed by atoms with Crippen molar-refractivity contribution < 1.29 is 8.60 Å². The minimum absolute atomic E-state index is 0.283. The first-order chi connectivity index (χ1) is 8.56. The van der Waals surface area contributed by atoms with Gasteiger partial charge >= 0.3 is 0 Å². The molecule has 18 heavy (non-hydrogen) atoms. The molecular weight excluding hydrogens is 273 g/mol. The van der Waals surface area contributed by atoms with Gasteiger partial charge < -0.3 is 5.73 Å². The molecule has 0 aliphatic rings. The zero-order valence-electron chi connectivity index (χ0n) is 9.40. The van der Waals surface area contributed by atoms with Crippen LogP contribution < -0.4 is 5.73 Å². The number of hydrogen-bond donors (Lipinski definition) is 1. The molecule has 0 aromatic heterocycles. The minimum atomic E-state index is -1.29. The number of anilines is 1. The first-order valence-corrected chi connectivity index (χ1v) is 6.94. The fraction of sp³-hybridized carbons (Fsp3) is 0.0769. The van der Waals surface area contributed by atoms with Crippen molar-refractivity contribution in [2.45, 2.75) is 10.6 Å². The van der Waals surface area contributed by atoms with Crippen LogP contribution in [0.3, 0.4) is 0 Å². The molecule has 0 saturated carbocycles. The number of nitrogen functional groups attached to an aromatic ring is 1. The summed E-state index contributed by atoms with van der Waals surface area (Å²) in [5.74, 6) is -0.0306. The van der Waals surface area contributed by atoms with Crippen molar-refractivity contribution in [3.05, 3.63) is 58.9 Å². The number of halogens is 2. The van der Waals surface area contributed by atoms with Crippen molar-refractivity contribution in [1.82, 2.24) is 0 Å². The third-order valence-electron chi connectivity index (χ3n) is 2.43. The highest BCUT2D eigenvalue weighted by Crippen LogP contribution is 2.23. The molecule has 0 amide bonds. The number of nitrogens with two attached hydrogens (primary N) is 1. The van der Waals surface area contributed by atoms with Crippen molar-refractivity contribution in [2.75, 3.05) is 5.73 Å². The molecule has 2 rings (SSSR count). The molecule has 5 heteroatoms. The molecule has 0 saturated heterocycles. The summed E-state index contributed by atoms with van der Waals surface area (Å²) in [5.41, 5.74) is 6.99. The number of hydrogen-bond acceptors (Lipinski definition) is 2. The molecule has 94 valence electrons.